The lowest BCUT2D eigenvalue weighted by atomic mass is 10.2. The van der Waals surface area contributed by atoms with E-state index in [9.17, 15) is 0 Å². The van der Waals surface area contributed by atoms with Crippen molar-refractivity contribution in [2.24, 2.45) is 0 Å². The minimum absolute atomic E-state index is 0.924. The molecule has 26 heavy (non-hydrogen) atoms. The Morgan fingerprint density at radius 1 is 1.08 bits per heavy atom. The van der Waals surface area contributed by atoms with Crippen molar-refractivity contribution >= 4 is 17.0 Å². The summed E-state index contributed by atoms with van der Waals surface area (Å²) < 4.78 is 5.35. The van der Waals surface area contributed by atoms with E-state index >= 15 is 0 Å². The van der Waals surface area contributed by atoms with Gasteiger partial charge in [-0.25, -0.2) is 4.98 Å². The minimum atomic E-state index is 0.924. The van der Waals surface area contributed by atoms with Crippen LogP contribution >= 0.6 is 11.3 Å². The van der Waals surface area contributed by atoms with Gasteiger partial charge in [-0.3, -0.25) is 0 Å². The summed E-state index contributed by atoms with van der Waals surface area (Å²) in [7, 11) is 1.72. The van der Waals surface area contributed by atoms with Crippen molar-refractivity contribution in [3.8, 4) is 16.3 Å². The smallest absolute Gasteiger partial charge is 0.123 e. The molecule has 2 heterocycles. The average molecular weight is 367 g/mol. The largest absolute Gasteiger partial charge is 0.497 e. The molecule has 0 bridgehead atoms. The topological polar surface area (TPSA) is 29.8 Å². The minimum Gasteiger partial charge on any atom is -0.497 e. The van der Waals surface area contributed by atoms with Crippen molar-refractivity contribution < 1.29 is 9.64 Å². The lowest BCUT2D eigenvalue weighted by Crippen LogP contribution is -3.13. The molecule has 1 saturated heterocycles. The molecular weight excluding hydrogens is 342 g/mol. The zero-order valence-corrected chi connectivity index (χ0v) is 15.8. The second kappa shape index (κ2) is 7.89. The SMILES string of the molecule is COc1cccc(N2CC[NH+](Cc3csc(-c4ccccc4)n3)CC2)c1. The first kappa shape index (κ1) is 17.1. The molecule has 1 aliphatic heterocycles. The fourth-order valence-corrected chi connectivity index (χ4v) is 4.25. The van der Waals surface area contributed by atoms with Gasteiger partial charge in [-0.15, -0.1) is 11.3 Å². The molecule has 0 spiro atoms. The molecule has 5 heteroatoms. The van der Waals surface area contributed by atoms with Crippen LogP contribution in [0.3, 0.4) is 0 Å². The predicted octanol–water partition coefficient (Wildman–Crippen LogP) is 2.72. The third-order valence-electron chi connectivity index (χ3n) is 4.89. The summed E-state index contributed by atoms with van der Waals surface area (Å²) in [5, 5.41) is 3.33. The summed E-state index contributed by atoms with van der Waals surface area (Å²) in [6.45, 7) is 5.41. The van der Waals surface area contributed by atoms with Crippen LogP contribution < -0.4 is 14.5 Å². The Bertz CT molecular complexity index is 841. The number of hydrogen-bond donors (Lipinski definition) is 1. The highest BCUT2D eigenvalue weighted by atomic mass is 32.1. The third kappa shape index (κ3) is 3.89. The summed E-state index contributed by atoms with van der Waals surface area (Å²) in [5.41, 5.74) is 3.67. The van der Waals surface area contributed by atoms with E-state index in [0.29, 0.717) is 0 Å². The number of anilines is 1. The summed E-state index contributed by atoms with van der Waals surface area (Å²) in [4.78, 5) is 8.89. The number of piperazine rings is 1. The van der Waals surface area contributed by atoms with Gasteiger partial charge in [0, 0.05) is 22.7 Å². The summed E-state index contributed by atoms with van der Waals surface area (Å²) in [5.74, 6) is 0.924. The Kier molecular flexibility index (Phi) is 5.18. The third-order valence-corrected chi connectivity index (χ3v) is 5.83. The summed E-state index contributed by atoms with van der Waals surface area (Å²) in [6, 6.07) is 18.8. The Balaban J connectivity index is 1.35. The molecule has 0 aliphatic carbocycles. The Morgan fingerprint density at radius 3 is 2.65 bits per heavy atom. The van der Waals surface area contributed by atoms with Gasteiger partial charge >= 0.3 is 0 Å². The molecule has 0 atom stereocenters. The number of quaternary nitrogens is 1. The fraction of sp³-hybridized carbons (Fsp3) is 0.286. The molecule has 0 unspecified atom stereocenters. The number of aromatic nitrogens is 1. The molecule has 0 saturated carbocycles. The van der Waals surface area contributed by atoms with Crippen molar-refractivity contribution in [3.63, 3.8) is 0 Å². The van der Waals surface area contributed by atoms with Gasteiger partial charge in [-0.2, -0.15) is 0 Å². The van der Waals surface area contributed by atoms with E-state index in [1.165, 1.54) is 16.9 Å². The maximum absolute atomic E-state index is 5.35. The van der Waals surface area contributed by atoms with Crippen LogP contribution in [0.15, 0.2) is 60.0 Å². The second-order valence-corrected chi connectivity index (χ2v) is 7.48. The van der Waals surface area contributed by atoms with Crippen LogP contribution in [0.4, 0.5) is 5.69 Å². The van der Waals surface area contributed by atoms with Gasteiger partial charge in [0.15, 0.2) is 0 Å². The number of rotatable bonds is 5. The monoisotopic (exact) mass is 366 g/mol. The number of nitrogens with zero attached hydrogens (tertiary/aromatic N) is 2. The zero-order valence-electron chi connectivity index (χ0n) is 15.0. The Labute approximate surface area is 158 Å². The first-order valence-electron chi connectivity index (χ1n) is 9.04. The lowest BCUT2D eigenvalue weighted by Gasteiger charge is -2.33. The molecule has 3 aromatic rings. The van der Waals surface area contributed by atoms with Crippen molar-refractivity contribution in [1.29, 1.82) is 0 Å². The normalized spacial score (nSPS) is 15.2. The lowest BCUT2D eigenvalue weighted by molar-refractivity contribution is -0.914. The van der Waals surface area contributed by atoms with E-state index < -0.39 is 0 Å². The highest BCUT2D eigenvalue weighted by Crippen LogP contribution is 2.23. The van der Waals surface area contributed by atoms with Crippen molar-refractivity contribution in [3.05, 3.63) is 65.7 Å². The Morgan fingerprint density at radius 2 is 1.88 bits per heavy atom. The second-order valence-electron chi connectivity index (χ2n) is 6.63. The molecular formula is C21H24N3OS+. The van der Waals surface area contributed by atoms with Gasteiger partial charge in [-0.05, 0) is 12.1 Å². The molecule has 0 radical (unpaired) electrons. The highest BCUT2D eigenvalue weighted by Gasteiger charge is 2.21. The van der Waals surface area contributed by atoms with Crippen LogP contribution in [0, 0.1) is 0 Å². The summed E-state index contributed by atoms with van der Waals surface area (Å²) in [6.07, 6.45) is 0. The van der Waals surface area contributed by atoms with Crippen LogP contribution in [0.25, 0.3) is 10.6 Å². The molecule has 2 aromatic carbocycles. The van der Waals surface area contributed by atoms with E-state index in [2.05, 4.69) is 52.7 Å². The highest BCUT2D eigenvalue weighted by molar-refractivity contribution is 7.13. The number of nitrogens with one attached hydrogen (secondary N) is 1. The van der Waals surface area contributed by atoms with Gasteiger partial charge in [-0.1, -0.05) is 36.4 Å². The molecule has 4 rings (SSSR count). The van der Waals surface area contributed by atoms with Crippen molar-refractivity contribution in [2.45, 2.75) is 6.54 Å². The van der Waals surface area contributed by atoms with Gasteiger partial charge < -0.3 is 14.5 Å². The van der Waals surface area contributed by atoms with Gasteiger partial charge in [0.1, 0.15) is 23.0 Å². The number of methoxy groups -OCH3 is 1. The van der Waals surface area contributed by atoms with E-state index in [1.54, 1.807) is 23.3 Å². The maximum atomic E-state index is 5.35. The van der Waals surface area contributed by atoms with Crippen LogP contribution in [0.2, 0.25) is 0 Å². The fourth-order valence-electron chi connectivity index (χ4n) is 3.42. The number of hydrogen-bond acceptors (Lipinski definition) is 4. The van der Waals surface area contributed by atoms with Crippen molar-refractivity contribution in [1.82, 2.24) is 4.98 Å². The molecule has 1 N–H and O–H groups in total. The van der Waals surface area contributed by atoms with Crippen LogP contribution in [-0.2, 0) is 6.54 Å². The first-order valence-corrected chi connectivity index (χ1v) is 9.92. The molecule has 1 fully saturated rings. The van der Waals surface area contributed by atoms with Crippen LogP contribution in [0.1, 0.15) is 5.69 Å². The molecule has 1 aromatic heterocycles. The van der Waals surface area contributed by atoms with E-state index in [0.717, 1.165) is 43.5 Å². The van der Waals surface area contributed by atoms with Gasteiger partial charge in [0.2, 0.25) is 0 Å². The molecule has 134 valence electrons. The molecule has 1 aliphatic rings. The van der Waals surface area contributed by atoms with Gasteiger partial charge in [0.25, 0.3) is 0 Å². The van der Waals surface area contributed by atoms with Crippen molar-refractivity contribution in [2.75, 3.05) is 38.2 Å². The first-order chi connectivity index (χ1) is 12.8. The maximum Gasteiger partial charge on any atom is 0.123 e. The van der Waals surface area contributed by atoms with Crippen LogP contribution in [0.5, 0.6) is 5.75 Å². The molecule has 4 nitrogen and oxygen atoms in total. The standard InChI is InChI=1S/C21H23N3OS/c1-25-20-9-5-8-19(14-20)24-12-10-23(11-13-24)15-18-16-26-21(22-18)17-6-3-2-4-7-17/h2-9,14,16H,10-13,15H2,1H3/p+1. The molecule has 0 amide bonds. The van der Waals surface area contributed by atoms with E-state index in [1.807, 2.05) is 12.1 Å². The van der Waals surface area contributed by atoms with E-state index in [-0.39, 0.29) is 0 Å². The Hall–Kier alpha value is -2.37. The predicted molar refractivity (Wildman–Crippen MR) is 107 cm³/mol. The number of benzene rings is 2. The van der Waals surface area contributed by atoms with Crippen LogP contribution in [-0.4, -0.2) is 38.3 Å². The zero-order chi connectivity index (χ0) is 17.8. The quantitative estimate of drug-likeness (QED) is 0.753. The summed E-state index contributed by atoms with van der Waals surface area (Å²) >= 11 is 1.74. The number of thiazole rings is 1. The van der Waals surface area contributed by atoms with Gasteiger partial charge in [0.05, 0.1) is 33.3 Å². The van der Waals surface area contributed by atoms with E-state index in [4.69, 9.17) is 9.72 Å². The number of ether oxygens (including phenoxy) is 1. The average Bonchev–Trinajstić information content (AvgIpc) is 3.18.